The summed E-state index contributed by atoms with van der Waals surface area (Å²) in [7, 11) is 0. The van der Waals surface area contributed by atoms with Crippen LogP contribution in [0.2, 0.25) is 0 Å². The van der Waals surface area contributed by atoms with Crippen molar-refractivity contribution in [2.75, 3.05) is 6.61 Å². The predicted molar refractivity (Wildman–Crippen MR) is 48.7 cm³/mol. The quantitative estimate of drug-likeness (QED) is 0.592. The molecule has 0 amide bonds. The molecule has 0 aromatic carbocycles. The zero-order chi connectivity index (χ0) is 8.81. The normalized spacial score (nSPS) is 29.5. The van der Waals surface area contributed by atoms with E-state index in [1.165, 1.54) is 25.7 Å². The average Bonchev–Trinajstić information content (AvgIpc) is 2.45. The third kappa shape index (κ3) is 3.55. The van der Waals surface area contributed by atoms with Gasteiger partial charge in [0.2, 0.25) is 0 Å². The highest BCUT2D eigenvalue weighted by Crippen LogP contribution is 2.16. The van der Waals surface area contributed by atoms with Gasteiger partial charge in [-0.3, -0.25) is 0 Å². The minimum atomic E-state index is -0.221. The van der Waals surface area contributed by atoms with Crippen LogP contribution in [0.25, 0.3) is 0 Å². The maximum absolute atomic E-state index is 5.41. The number of ether oxygens (including phenoxy) is 2. The van der Waals surface area contributed by atoms with Crippen LogP contribution in [0.3, 0.4) is 0 Å². The van der Waals surface area contributed by atoms with Gasteiger partial charge in [-0.1, -0.05) is 32.6 Å². The van der Waals surface area contributed by atoms with E-state index in [2.05, 4.69) is 13.8 Å². The Bertz CT molecular complexity index is 114. The van der Waals surface area contributed by atoms with Gasteiger partial charge in [-0.05, 0) is 6.42 Å². The van der Waals surface area contributed by atoms with E-state index in [0.29, 0.717) is 6.10 Å². The van der Waals surface area contributed by atoms with Crippen LogP contribution in [0, 0.1) is 6.92 Å². The standard InChI is InChI=1S/C10H19O2/c1-3-4-5-6-7-10-8-11-9(2)12-10/h9-10H,2-8H2,1H3. The van der Waals surface area contributed by atoms with Crippen molar-refractivity contribution in [3.8, 4) is 0 Å². The molecule has 0 aliphatic carbocycles. The van der Waals surface area contributed by atoms with Gasteiger partial charge >= 0.3 is 0 Å². The number of rotatable bonds is 5. The third-order valence-corrected chi connectivity index (χ3v) is 2.19. The van der Waals surface area contributed by atoms with Crippen LogP contribution in [0.5, 0.6) is 0 Å². The molecule has 0 spiro atoms. The second-order valence-electron chi connectivity index (χ2n) is 3.37. The maximum Gasteiger partial charge on any atom is 0.158 e. The molecule has 1 aliphatic heterocycles. The fraction of sp³-hybridized carbons (Fsp3) is 0.900. The molecule has 1 rings (SSSR count). The minimum Gasteiger partial charge on any atom is -0.350 e. The zero-order valence-electron chi connectivity index (χ0n) is 7.92. The molecule has 1 aliphatic rings. The van der Waals surface area contributed by atoms with Crippen LogP contribution in [0.15, 0.2) is 0 Å². The van der Waals surface area contributed by atoms with Gasteiger partial charge in [0.25, 0.3) is 0 Å². The molecule has 2 nitrogen and oxygen atoms in total. The average molecular weight is 171 g/mol. The van der Waals surface area contributed by atoms with Gasteiger partial charge in [0.15, 0.2) is 6.29 Å². The van der Waals surface area contributed by atoms with E-state index in [0.717, 1.165) is 13.0 Å². The second kappa shape index (κ2) is 5.55. The van der Waals surface area contributed by atoms with E-state index in [4.69, 9.17) is 9.47 Å². The van der Waals surface area contributed by atoms with Gasteiger partial charge in [-0.2, -0.15) is 0 Å². The highest BCUT2D eigenvalue weighted by Gasteiger charge is 2.21. The fourth-order valence-electron chi connectivity index (χ4n) is 1.46. The summed E-state index contributed by atoms with van der Waals surface area (Å²) in [5.74, 6) is 0. The van der Waals surface area contributed by atoms with Gasteiger partial charge in [0, 0.05) is 6.92 Å². The van der Waals surface area contributed by atoms with Crippen LogP contribution >= 0.6 is 0 Å². The summed E-state index contributed by atoms with van der Waals surface area (Å²) in [5, 5.41) is 0. The molecule has 0 aromatic heterocycles. The Labute approximate surface area is 75.2 Å². The van der Waals surface area contributed by atoms with Crippen molar-refractivity contribution in [3.05, 3.63) is 6.92 Å². The lowest BCUT2D eigenvalue weighted by Crippen LogP contribution is -2.10. The van der Waals surface area contributed by atoms with Gasteiger partial charge in [0.1, 0.15) is 0 Å². The van der Waals surface area contributed by atoms with E-state index < -0.39 is 0 Å². The molecule has 71 valence electrons. The molecule has 0 bridgehead atoms. The minimum absolute atomic E-state index is 0.221. The van der Waals surface area contributed by atoms with Gasteiger partial charge in [0.05, 0.1) is 12.7 Å². The first kappa shape index (κ1) is 10.0. The van der Waals surface area contributed by atoms with Crippen molar-refractivity contribution in [2.45, 2.75) is 51.4 Å². The lowest BCUT2D eigenvalue weighted by molar-refractivity contribution is -0.0234. The highest BCUT2D eigenvalue weighted by atomic mass is 16.7. The van der Waals surface area contributed by atoms with Gasteiger partial charge < -0.3 is 9.47 Å². The molecule has 0 saturated carbocycles. The van der Waals surface area contributed by atoms with Gasteiger partial charge in [-0.25, -0.2) is 0 Å². The fourth-order valence-corrected chi connectivity index (χ4v) is 1.46. The van der Waals surface area contributed by atoms with Crippen molar-refractivity contribution in [2.24, 2.45) is 0 Å². The van der Waals surface area contributed by atoms with Gasteiger partial charge in [-0.15, -0.1) is 0 Å². The first-order valence-electron chi connectivity index (χ1n) is 4.93. The highest BCUT2D eigenvalue weighted by molar-refractivity contribution is 4.66. The van der Waals surface area contributed by atoms with Crippen LogP contribution in [0.1, 0.15) is 39.0 Å². The van der Waals surface area contributed by atoms with Crippen LogP contribution < -0.4 is 0 Å². The summed E-state index contributed by atoms with van der Waals surface area (Å²) in [4.78, 5) is 0. The molecule has 0 N–H and O–H groups in total. The first-order valence-corrected chi connectivity index (χ1v) is 4.93. The summed E-state index contributed by atoms with van der Waals surface area (Å²) in [6, 6.07) is 0. The summed E-state index contributed by atoms with van der Waals surface area (Å²) < 4.78 is 10.6. The van der Waals surface area contributed by atoms with Crippen LogP contribution in [-0.4, -0.2) is 19.0 Å². The molecule has 0 aromatic rings. The van der Waals surface area contributed by atoms with Crippen molar-refractivity contribution in [1.29, 1.82) is 0 Å². The number of hydrogen-bond donors (Lipinski definition) is 0. The second-order valence-corrected chi connectivity index (χ2v) is 3.37. The molecule has 1 heterocycles. The van der Waals surface area contributed by atoms with Crippen molar-refractivity contribution in [3.63, 3.8) is 0 Å². The van der Waals surface area contributed by atoms with Crippen LogP contribution in [0.4, 0.5) is 0 Å². The molecule has 12 heavy (non-hydrogen) atoms. The van der Waals surface area contributed by atoms with Crippen molar-refractivity contribution in [1.82, 2.24) is 0 Å². The summed E-state index contributed by atoms with van der Waals surface area (Å²) in [5.41, 5.74) is 0. The topological polar surface area (TPSA) is 18.5 Å². The molecular weight excluding hydrogens is 152 g/mol. The third-order valence-electron chi connectivity index (χ3n) is 2.19. The zero-order valence-corrected chi connectivity index (χ0v) is 7.92. The Kier molecular flexibility index (Phi) is 4.62. The monoisotopic (exact) mass is 171 g/mol. The van der Waals surface area contributed by atoms with Crippen LogP contribution in [-0.2, 0) is 9.47 Å². The molecule has 1 saturated heterocycles. The number of hydrogen-bond acceptors (Lipinski definition) is 2. The Morgan fingerprint density at radius 3 is 2.75 bits per heavy atom. The smallest absolute Gasteiger partial charge is 0.158 e. The summed E-state index contributed by atoms with van der Waals surface area (Å²) in [6.45, 7) is 6.65. The Morgan fingerprint density at radius 2 is 2.17 bits per heavy atom. The van der Waals surface area contributed by atoms with E-state index in [-0.39, 0.29) is 6.29 Å². The maximum atomic E-state index is 5.41. The molecule has 2 heteroatoms. The van der Waals surface area contributed by atoms with Crippen molar-refractivity contribution >= 4 is 0 Å². The molecule has 2 atom stereocenters. The van der Waals surface area contributed by atoms with Crippen molar-refractivity contribution < 1.29 is 9.47 Å². The van der Waals surface area contributed by atoms with E-state index in [1.54, 1.807) is 0 Å². The SMILES string of the molecule is [CH2]C1OCC(CCCCCC)O1. The Morgan fingerprint density at radius 1 is 1.33 bits per heavy atom. The Hall–Kier alpha value is -0.0800. The van der Waals surface area contributed by atoms with E-state index in [9.17, 15) is 0 Å². The molecule has 1 fully saturated rings. The molecule has 1 radical (unpaired) electrons. The lowest BCUT2D eigenvalue weighted by Gasteiger charge is -2.07. The number of unbranched alkanes of at least 4 members (excludes halogenated alkanes) is 3. The Balaban J connectivity index is 1.93. The largest absolute Gasteiger partial charge is 0.350 e. The lowest BCUT2D eigenvalue weighted by atomic mass is 10.1. The predicted octanol–water partition coefficient (Wildman–Crippen LogP) is 2.53. The van der Waals surface area contributed by atoms with E-state index in [1.807, 2.05) is 0 Å². The summed E-state index contributed by atoms with van der Waals surface area (Å²) >= 11 is 0. The van der Waals surface area contributed by atoms with E-state index >= 15 is 0 Å². The molecule has 2 unspecified atom stereocenters. The first-order chi connectivity index (χ1) is 5.83. The summed E-state index contributed by atoms with van der Waals surface area (Å²) in [6.07, 6.45) is 6.42. The molecular formula is C10H19O2.